The van der Waals surface area contributed by atoms with E-state index in [9.17, 15) is 4.79 Å². The van der Waals surface area contributed by atoms with E-state index in [1.165, 1.54) is 11.1 Å². The van der Waals surface area contributed by atoms with Crippen molar-refractivity contribution in [2.75, 3.05) is 18.4 Å². The SMILES string of the molecule is Cc1ccc(NC(N)=NCCNC(=O)C(C)(C)C)cc1C. The Morgan fingerprint density at radius 3 is 2.48 bits per heavy atom. The van der Waals surface area contributed by atoms with E-state index in [1.54, 1.807) is 0 Å². The van der Waals surface area contributed by atoms with Crippen molar-refractivity contribution in [3.63, 3.8) is 0 Å². The second-order valence-corrected chi connectivity index (χ2v) is 6.20. The molecule has 0 aliphatic carbocycles. The summed E-state index contributed by atoms with van der Waals surface area (Å²) in [4.78, 5) is 15.9. The summed E-state index contributed by atoms with van der Waals surface area (Å²) in [5.41, 5.74) is 8.79. The molecule has 1 aromatic carbocycles. The third-order valence-corrected chi connectivity index (χ3v) is 3.14. The average Bonchev–Trinajstić information content (AvgIpc) is 2.37. The highest BCUT2D eigenvalue weighted by Gasteiger charge is 2.19. The summed E-state index contributed by atoms with van der Waals surface area (Å²) in [7, 11) is 0. The molecule has 0 unspecified atom stereocenters. The maximum atomic E-state index is 11.7. The van der Waals surface area contributed by atoms with Crippen LogP contribution in [0, 0.1) is 19.3 Å². The van der Waals surface area contributed by atoms with Crippen molar-refractivity contribution >= 4 is 17.6 Å². The Labute approximate surface area is 127 Å². The Balaban J connectivity index is 2.43. The van der Waals surface area contributed by atoms with Crippen LogP contribution in [-0.2, 0) is 4.79 Å². The van der Waals surface area contributed by atoms with Gasteiger partial charge in [-0.05, 0) is 37.1 Å². The third-order valence-electron chi connectivity index (χ3n) is 3.14. The predicted octanol–water partition coefficient (Wildman–Crippen LogP) is 2.19. The quantitative estimate of drug-likeness (QED) is 0.452. The Morgan fingerprint density at radius 2 is 1.90 bits per heavy atom. The summed E-state index contributed by atoms with van der Waals surface area (Å²) in [6.45, 7) is 10.7. The standard InChI is InChI=1S/C16H26N4O/c1-11-6-7-13(10-12(11)2)20-15(17)19-9-8-18-14(21)16(3,4)5/h6-7,10H,8-9H2,1-5H3,(H,18,21)(H3,17,19,20). The molecule has 0 spiro atoms. The van der Waals surface area contributed by atoms with E-state index in [1.807, 2.05) is 39.0 Å². The van der Waals surface area contributed by atoms with Crippen molar-refractivity contribution in [1.29, 1.82) is 0 Å². The average molecular weight is 290 g/mol. The fraction of sp³-hybridized carbons (Fsp3) is 0.500. The molecule has 0 aliphatic heterocycles. The number of nitrogens with zero attached hydrogens (tertiary/aromatic N) is 1. The first-order valence-electron chi connectivity index (χ1n) is 7.12. The van der Waals surface area contributed by atoms with Gasteiger partial charge in [-0.1, -0.05) is 26.8 Å². The van der Waals surface area contributed by atoms with Crippen molar-refractivity contribution in [2.45, 2.75) is 34.6 Å². The molecule has 5 nitrogen and oxygen atoms in total. The fourth-order valence-corrected chi connectivity index (χ4v) is 1.62. The number of nitrogens with two attached hydrogens (primary N) is 1. The Hall–Kier alpha value is -2.04. The molecule has 0 radical (unpaired) electrons. The zero-order valence-electron chi connectivity index (χ0n) is 13.6. The number of carbonyl (C=O) groups is 1. The number of guanidine groups is 1. The fourth-order valence-electron chi connectivity index (χ4n) is 1.62. The largest absolute Gasteiger partial charge is 0.370 e. The van der Waals surface area contributed by atoms with Crippen molar-refractivity contribution in [3.05, 3.63) is 29.3 Å². The van der Waals surface area contributed by atoms with Crippen LogP contribution in [0.2, 0.25) is 0 Å². The van der Waals surface area contributed by atoms with Gasteiger partial charge >= 0.3 is 0 Å². The molecule has 0 aliphatic rings. The van der Waals surface area contributed by atoms with Gasteiger partial charge < -0.3 is 16.4 Å². The first-order valence-corrected chi connectivity index (χ1v) is 7.12. The van der Waals surface area contributed by atoms with Gasteiger partial charge in [0.15, 0.2) is 5.96 Å². The number of rotatable bonds is 4. The molecule has 0 saturated heterocycles. The molecular formula is C16H26N4O. The minimum Gasteiger partial charge on any atom is -0.370 e. The minimum absolute atomic E-state index is 0.0124. The lowest BCUT2D eigenvalue weighted by atomic mass is 9.96. The molecule has 1 rings (SSSR count). The lowest BCUT2D eigenvalue weighted by Crippen LogP contribution is -2.36. The van der Waals surface area contributed by atoms with Gasteiger partial charge in [0, 0.05) is 17.6 Å². The molecule has 0 atom stereocenters. The summed E-state index contributed by atoms with van der Waals surface area (Å²) in [5, 5.41) is 5.87. The van der Waals surface area contributed by atoms with Crippen LogP contribution in [0.4, 0.5) is 5.69 Å². The smallest absolute Gasteiger partial charge is 0.225 e. The number of carbonyl (C=O) groups excluding carboxylic acids is 1. The molecule has 21 heavy (non-hydrogen) atoms. The highest BCUT2D eigenvalue weighted by atomic mass is 16.2. The number of anilines is 1. The van der Waals surface area contributed by atoms with Crippen LogP contribution in [0.5, 0.6) is 0 Å². The Kier molecular flexibility index (Phi) is 5.76. The Morgan fingerprint density at radius 1 is 1.24 bits per heavy atom. The van der Waals surface area contributed by atoms with E-state index in [4.69, 9.17) is 5.73 Å². The molecule has 0 saturated carbocycles. The Bertz CT molecular complexity index is 530. The highest BCUT2D eigenvalue weighted by molar-refractivity contribution is 5.92. The number of aryl methyl sites for hydroxylation is 2. The molecule has 0 fully saturated rings. The molecule has 1 aromatic rings. The number of hydrogen-bond donors (Lipinski definition) is 3. The molecule has 0 heterocycles. The normalized spacial score (nSPS) is 12.1. The van der Waals surface area contributed by atoms with Gasteiger partial charge in [-0.15, -0.1) is 0 Å². The van der Waals surface area contributed by atoms with E-state index < -0.39 is 0 Å². The summed E-state index contributed by atoms with van der Waals surface area (Å²) in [5.74, 6) is 0.363. The summed E-state index contributed by atoms with van der Waals surface area (Å²) >= 11 is 0. The van der Waals surface area contributed by atoms with Crippen molar-refractivity contribution < 1.29 is 4.79 Å². The maximum Gasteiger partial charge on any atom is 0.225 e. The van der Waals surface area contributed by atoms with Crippen molar-refractivity contribution in [3.8, 4) is 0 Å². The van der Waals surface area contributed by atoms with Crippen LogP contribution in [0.1, 0.15) is 31.9 Å². The van der Waals surface area contributed by atoms with Crippen LogP contribution < -0.4 is 16.4 Å². The van der Waals surface area contributed by atoms with Gasteiger partial charge in [0.2, 0.25) is 5.91 Å². The van der Waals surface area contributed by atoms with E-state index in [-0.39, 0.29) is 11.3 Å². The monoisotopic (exact) mass is 290 g/mol. The number of amides is 1. The van der Waals surface area contributed by atoms with E-state index >= 15 is 0 Å². The van der Waals surface area contributed by atoms with Crippen LogP contribution in [0.15, 0.2) is 23.2 Å². The summed E-state index contributed by atoms with van der Waals surface area (Å²) in [6.07, 6.45) is 0. The summed E-state index contributed by atoms with van der Waals surface area (Å²) < 4.78 is 0. The molecule has 4 N–H and O–H groups in total. The van der Waals surface area contributed by atoms with Crippen LogP contribution in [-0.4, -0.2) is 25.0 Å². The summed E-state index contributed by atoms with van der Waals surface area (Å²) in [6, 6.07) is 6.03. The van der Waals surface area contributed by atoms with Gasteiger partial charge in [0.25, 0.3) is 0 Å². The second-order valence-electron chi connectivity index (χ2n) is 6.20. The van der Waals surface area contributed by atoms with Gasteiger partial charge in [0.05, 0.1) is 6.54 Å². The zero-order valence-corrected chi connectivity index (χ0v) is 13.6. The molecule has 0 aromatic heterocycles. The predicted molar refractivity (Wildman–Crippen MR) is 88.5 cm³/mol. The van der Waals surface area contributed by atoms with E-state index in [2.05, 4.69) is 29.5 Å². The maximum absolute atomic E-state index is 11.7. The molecule has 5 heteroatoms. The zero-order chi connectivity index (χ0) is 16.0. The number of aliphatic imine (C=N–C) groups is 1. The highest BCUT2D eigenvalue weighted by Crippen LogP contribution is 2.14. The van der Waals surface area contributed by atoms with Gasteiger partial charge in [-0.2, -0.15) is 0 Å². The van der Waals surface area contributed by atoms with Gasteiger partial charge in [-0.25, -0.2) is 0 Å². The van der Waals surface area contributed by atoms with Crippen LogP contribution in [0.3, 0.4) is 0 Å². The number of benzene rings is 1. The molecular weight excluding hydrogens is 264 g/mol. The van der Waals surface area contributed by atoms with E-state index in [0.717, 1.165) is 5.69 Å². The van der Waals surface area contributed by atoms with Crippen LogP contribution in [0.25, 0.3) is 0 Å². The third kappa shape index (κ3) is 5.85. The first kappa shape index (κ1) is 17.0. The second kappa shape index (κ2) is 7.11. The lowest BCUT2D eigenvalue weighted by Gasteiger charge is -2.17. The van der Waals surface area contributed by atoms with Crippen LogP contribution >= 0.6 is 0 Å². The topological polar surface area (TPSA) is 79.5 Å². The molecule has 0 bridgehead atoms. The number of hydrogen-bond acceptors (Lipinski definition) is 2. The van der Waals surface area contributed by atoms with E-state index in [0.29, 0.717) is 19.0 Å². The van der Waals surface area contributed by atoms with Crippen molar-refractivity contribution in [2.24, 2.45) is 16.1 Å². The van der Waals surface area contributed by atoms with Crippen molar-refractivity contribution in [1.82, 2.24) is 5.32 Å². The molecule has 1 amide bonds. The first-order chi connectivity index (χ1) is 9.70. The van der Waals surface area contributed by atoms with Gasteiger partial charge in [-0.3, -0.25) is 9.79 Å². The molecule has 116 valence electrons. The lowest BCUT2D eigenvalue weighted by molar-refractivity contribution is -0.128. The number of nitrogens with one attached hydrogen (secondary N) is 2. The van der Waals surface area contributed by atoms with Gasteiger partial charge in [0.1, 0.15) is 0 Å². The minimum atomic E-state index is -0.382.